The third-order valence-electron chi connectivity index (χ3n) is 8.51. The molecule has 2 heterocycles. The van der Waals surface area contributed by atoms with Gasteiger partial charge >= 0.3 is 0 Å². The van der Waals surface area contributed by atoms with Crippen molar-refractivity contribution in [3.63, 3.8) is 0 Å². The second-order valence-corrected chi connectivity index (χ2v) is 9.52. The Labute approximate surface area is 167 Å². The number of ether oxygens (including phenoxy) is 3. The molecule has 3 aliphatic carbocycles. The van der Waals surface area contributed by atoms with Crippen molar-refractivity contribution in [2.24, 2.45) is 29.6 Å². The van der Waals surface area contributed by atoms with Crippen LogP contribution in [0, 0.1) is 29.6 Å². The lowest BCUT2D eigenvalue weighted by Crippen LogP contribution is -2.59. The van der Waals surface area contributed by atoms with Crippen LogP contribution < -0.4 is 9.47 Å². The molecule has 1 spiro atoms. The second kappa shape index (κ2) is 6.24. The van der Waals surface area contributed by atoms with Crippen LogP contribution in [-0.4, -0.2) is 44.0 Å². The Balaban J connectivity index is 1.29. The topological polar surface area (TPSA) is 30.9 Å². The Hall–Kier alpha value is -1.52. The SMILES string of the molecule is COc1ccc(CC2CO[C@]34C5[C@H]6C=C[C@H](C6)[C@H]5C[C@H]3CCCN24)cc1OC. The summed E-state index contributed by atoms with van der Waals surface area (Å²) in [7, 11) is 3.41. The number of hydrogen-bond acceptors (Lipinski definition) is 4. The summed E-state index contributed by atoms with van der Waals surface area (Å²) < 4.78 is 17.8. The minimum absolute atomic E-state index is 0.0221. The smallest absolute Gasteiger partial charge is 0.160 e. The van der Waals surface area contributed by atoms with E-state index >= 15 is 0 Å². The van der Waals surface area contributed by atoms with Crippen LogP contribution in [0.3, 0.4) is 0 Å². The molecule has 0 radical (unpaired) electrons. The molecule has 2 saturated heterocycles. The van der Waals surface area contributed by atoms with Gasteiger partial charge in [-0.15, -0.1) is 0 Å². The van der Waals surface area contributed by atoms with E-state index in [4.69, 9.17) is 14.2 Å². The van der Waals surface area contributed by atoms with Gasteiger partial charge in [0.25, 0.3) is 0 Å². The highest BCUT2D eigenvalue weighted by atomic mass is 16.5. The molecule has 28 heavy (non-hydrogen) atoms. The van der Waals surface area contributed by atoms with Gasteiger partial charge in [0.2, 0.25) is 0 Å². The van der Waals surface area contributed by atoms with Crippen molar-refractivity contribution in [2.45, 2.75) is 43.9 Å². The Morgan fingerprint density at radius 3 is 2.82 bits per heavy atom. The molecule has 5 aliphatic rings. The van der Waals surface area contributed by atoms with E-state index < -0.39 is 0 Å². The first-order valence-corrected chi connectivity index (χ1v) is 11.0. The van der Waals surface area contributed by atoms with Crippen LogP contribution in [0.4, 0.5) is 0 Å². The molecule has 0 amide bonds. The highest BCUT2D eigenvalue weighted by Crippen LogP contribution is 2.66. The number of allylic oxidation sites excluding steroid dienone is 2. The summed E-state index contributed by atoms with van der Waals surface area (Å²) in [4.78, 5) is 2.80. The lowest BCUT2D eigenvalue weighted by Gasteiger charge is -2.49. The minimum atomic E-state index is 0.0221. The van der Waals surface area contributed by atoms with Crippen molar-refractivity contribution in [3.8, 4) is 11.5 Å². The van der Waals surface area contributed by atoms with Crippen molar-refractivity contribution in [2.75, 3.05) is 27.4 Å². The first-order chi connectivity index (χ1) is 13.7. The van der Waals surface area contributed by atoms with Gasteiger partial charge in [-0.05, 0) is 67.6 Å². The number of hydrogen-bond donors (Lipinski definition) is 0. The van der Waals surface area contributed by atoms with Crippen LogP contribution in [0.1, 0.15) is 31.2 Å². The predicted octanol–water partition coefficient (Wildman–Crippen LogP) is 3.90. The Bertz CT molecular complexity index is 807. The maximum absolute atomic E-state index is 6.86. The number of methoxy groups -OCH3 is 2. The van der Waals surface area contributed by atoms with E-state index in [9.17, 15) is 0 Å². The van der Waals surface area contributed by atoms with Gasteiger partial charge in [0, 0.05) is 24.4 Å². The largest absolute Gasteiger partial charge is 0.493 e. The van der Waals surface area contributed by atoms with E-state index in [1.807, 2.05) is 6.07 Å². The monoisotopic (exact) mass is 381 g/mol. The molecule has 7 atom stereocenters. The molecular weight excluding hydrogens is 350 g/mol. The molecular formula is C24H31NO3. The molecule has 0 N–H and O–H groups in total. The van der Waals surface area contributed by atoms with E-state index in [-0.39, 0.29) is 5.72 Å². The number of fused-ring (bicyclic) bond motifs is 5. The molecule has 2 bridgehead atoms. The van der Waals surface area contributed by atoms with Crippen LogP contribution in [0.2, 0.25) is 0 Å². The summed E-state index contributed by atoms with van der Waals surface area (Å²) >= 11 is 0. The molecule has 2 saturated carbocycles. The molecule has 6 rings (SSSR count). The van der Waals surface area contributed by atoms with E-state index in [0.717, 1.165) is 54.1 Å². The molecule has 1 aromatic rings. The van der Waals surface area contributed by atoms with Crippen molar-refractivity contribution in [1.82, 2.24) is 4.90 Å². The van der Waals surface area contributed by atoms with Gasteiger partial charge < -0.3 is 14.2 Å². The van der Waals surface area contributed by atoms with Crippen molar-refractivity contribution in [1.29, 1.82) is 0 Å². The van der Waals surface area contributed by atoms with Gasteiger partial charge in [-0.25, -0.2) is 0 Å². The van der Waals surface area contributed by atoms with Gasteiger partial charge in [-0.3, -0.25) is 4.90 Å². The Kier molecular flexibility index (Phi) is 3.86. The lowest BCUT2D eigenvalue weighted by molar-refractivity contribution is -0.169. The van der Waals surface area contributed by atoms with Crippen molar-refractivity contribution < 1.29 is 14.2 Å². The van der Waals surface area contributed by atoms with Crippen LogP contribution in [0.25, 0.3) is 0 Å². The quantitative estimate of drug-likeness (QED) is 0.741. The average Bonchev–Trinajstić information content (AvgIpc) is 3.47. The van der Waals surface area contributed by atoms with E-state index in [2.05, 4.69) is 29.2 Å². The number of nitrogens with zero attached hydrogens (tertiary/aromatic N) is 1. The van der Waals surface area contributed by atoms with E-state index in [1.165, 1.54) is 37.8 Å². The standard InChI is InChI=1S/C24H31NO3/c1-26-21-8-5-15(11-22(21)27-2)10-19-14-28-24-18(4-3-9-25(19)24)13-20-16-6-7-17(12-16)23(20)24/h5-8,11,16-20,23H,3-4,9-10,12-14H2,1-2H3/t16-,17+,18-,19?,20-,23?,24+/m1/s1. The first kappa shape index (κ1) is 17.3. The zero-order chi connectivity index (χ0) is 18.9. The summed E-state index contributed by atoms with van der Waals surface area (Å²) in [5.74, 6) is 5.52. The number of rotatable bonds is 4. The van der Waals surface area contributed by atoms with E-state index in [0.29, 0.717) is 6.04 Å². The van der Waals surface area contributed by atoms with E-state index in [1.54, 1.807) is 14.2 Å². The molecule has 2 aliphatic heterocycles. The van der Waals surface area contributed by atoms with Gasteiger partial charge in [0.1, 0.15) is 5.72 Å². The van der Waals surface area contributed by atoms with Gasteiger partial charge in [-0.1, -0.05) is 18.2 Å². The van der Waals surface area contributed by atoms with Crippen molar-refractivity contribution >= 4 is 0 Å². The van der Waals surface area contributed by atoms with Crippen LogP contribution in [-0.2, 0) is 11.2 Å². The molecule has 150 valence electrons. The van der Waals surface area contributed by atoms with Crippen LogP contribution in [0.15, 0.2) is 30.4 Å². The summed E-state index contributed by atoms with van der Waals surface area (Å²) in [6.45, 7) is 2.06. The zero-order valence-corrected chi connectivity index (χ0v) is 17.0. The normalized spacial score (nSPS) is 43.1. The van der Waals surface area contributed by atoms with Gasteiger partial charge in [-0.2, -0.15) is 0 Å². The predicted molar refractivity (Wildman–Crippen MR) is 107 cm³/mol. The Morgan fingerprint density at radius 1 is 1.11 bits per heavy atom. The number of piperidine rings is 1. The third-order valence-corrected chi connectivity index (χ3v) is 8.51. The highest BCUT2D eigenvalue weighted by Gasteiger charge is 2.69. The maximum atomic E-state index is 6.86. The first-order valence-electron chi connectivity index (χ1n) is 11.0. The molecule has 1 aromatic carbocycles. The third kappa shape index (κ3) is 2.19. The average molecular weight is 382 g/mol. The zero-order valence-electron chi connectivity index (χ0n) is 17.0. The number of benzene rings is 1. The summed E-state index contributed by atoms with van der Waals surface area (Å²) in [6, 6.07) is 6.84. The minimum Gasteiger partial charge on any atom is -0.493 e. The fourth-order valence-corrected chi connectivity index (χ4v) is 7.60. The molecule has 0 aromatic heterocycles. The fourth-order valence-electron chi connectivity index (χ4n) is 7.60. The van der Waals surface area contributed by atoms with Crippen LogP contribution >= 0.6 is 0 Å². The summed E-state index contributed by atoms with van der Waals surface area (Å²) in [6.07, 6.45) is 11.5. The molecule has 4 fully saturated rings. The van der Waals surface area contributed by atoms with Gasteiger partial charge in [0.05, 0.1) is 20.8 Å². The molecule has 2 unspecified atom stereocenters. The maximum Gasteiger partial charge on any atom is 0.160 e. The fraction of sp³-hybridized carbons (Fsp3) is 0.667. The summed E-state index contributed by atoms with van der Waals surface area (Å²) in [5, 5.41) is 0. The summed E-state index contributed by atoms with van der Waals surface area (Å²) in [5.41, 5.74) is 1.33. The highest BCUT2D eigenvalue weighted by molar-refractivity contribution is 5.43. The van der Waals surface area contributed by atoms with Gasteiger partial charge in [0.15, 0.2) is 11.5 Å². The molecule has 4 heteroatoms. The lowest BCUT2D eigenvalue weighted by atomic mass is 9.78. The van der Waals surface area contributed by atoms with Crippen molar-refractivity contribution in [3.05, 3.63) is 35.9 Å². The van der Waals surface area contributed by atoms with Crippen LogP contribution in [0.5, 0.6) is 11.5 Å². The Morgan fingerprint density at radius 2 is 1.96 bits per heavy atom. The second-order valence-electron chi connectivity index (χ2n) is 9.52. The molecule has 4 nitrogen and oxygen atoms in total.